The van der Waals surface area contributed by atoms with E-state index in [2.05, 4.69) is 38.2 Å². The Hall–Kier alpha value is -0.120. The van der Waals surface area contributed by atoms with Gasteiger partial charge >= 0.3 is 0 Å². The normalized spacial score (nSPS) is 12.4. The number of nitrogens with zero attached hydrogens (tertiary/aromatic N) is 1. The van der Waals surface area contributed by atoms with Crippen molar-refractivity contribution in [3.05, 3.63) is 0 Å². The van der Waals surface area contributed by atoms with Gasteiger partial charge in [-0.25, -0.2) is 0 Å². The zero-order valence-corrected chi connectivity index (χ0v) is 11.6. The summed E-state index contributed by atoms with van der Waals surface area (Å²) in [6.45, 7) is 7.79. The second-order valence-corrected chi connectivity index (χ2v) is 5.05. The molecule has 0 aromatic heterocycles. The molecule has 0 saturated carbocycles. The summed E-state index contributed by atoms with van der Waals surface area (Å²) in [4.78, 5) is 2.22. The highest BCUT2D eigenvalue weighted by atomic mass is 16.3. The van der Waals surface area contributed by atoms with Crippen molar-refractivity contribution in [2.75, 3.05) is 40.3 Å². The van der Waals surface area contributed by atoms with Crippen LogP contribution in [0, 0.1) is 5.41 Å². The molecule has 0 aliphatic heterocycles. The Morgan fingerprint density at radius 3 is 2.19 bits per heavy atom. The fourth-order valence-electron chi connectivity index (χ4n) is 1.81. The van der Waals surface area contributed by atoms with Gasteiger partial charge in [0.2, 0.25) is 0 Å². The summed E-state index contributed by atoms with van der Waals surface area (Å²) in [7, 11) is 4.22. The van der Waals surface area contributed by atoms with Gasteiger partial charge in [-0.1, -0.05) is 13.8 Å². The van der Waals surface area contributed by atoms with E-state index in [1.165, 1.54) is 12.8 Å². The number of hydrogen-bond donors (Lipinski definition) is 2. The molecule has 0 bridgehead atoms. The second kappa shape index (κ2) is 8.97. The summed E-state index contributed by atoms with van der Waals surface area (Å²) in [5.41, 5.74) is 0.0988. The number of unbranched alkanes of at least 4 members (excludes halogenated alkanes) is 1. The van der Waals surface area contributed by atoms with Crippen LogP contribution >= 0.6 is 0 Å². The van der Waals surface area contributed by atoms with Crippen molar-refractivity contribution in [3.63, 3.8) is 0 Å². The lowest BCUT2D eigenvalue weighted by atomic mass is 9.83. The molecule has 98 valence electrons. The zero-order chi connectivity index (χ0) is 12.4. The van der Waals surface area contributed by atoms with Crippen LogP contribution in [-0.2, 0) is 0 Å². The molecule has 0 fully saturated rings. The molecule has 0 aliphatic carbocycles. The number of nitrogens with one attached hydrogen (secondary N) is 1. The summed E-state index contributed by atoms with van der Waals surface area (Å²) in [6, 6.07) is 0. The predicted octanol–water partition coefficient (Wildman–Crippen LogP) is 1.72. The minimum atomic E-state index is 0.0988. The summed E-state index contributed by atoms with van der Waals surface area (Å²) in [5, 5.41) is 12.9. The third kappa shape index (κ3) is 6.46. The predicted molar refractivity (Wildman–Crippen MR) is 70.8 cm³/mol. The first-order chi connectivity index (χ1) is 7.60. The quantitative estimate of drug-likeness (QED) is 0.561. The standard InChI is InChI=1S/C13H30N2O/c1-5-13(6-2,12-16)11-14-9-7-8-10-15(3)4/h14,16H,5-12H2,1-4H3. The molecule has 0 amide bonds. The Labute approximate surface area is 101 Å². The molecule has 0 radical (unpaired) electrons. The van der Waals surface area contributed by atoms with Gasteiger partial charge in [0.15, 0.2) is 0 Å². The monoisotopic (exact) mass is 230 g/mol. The number of aliphatic hydroxyl groups excluding tert-OH is 1. The second-order valence-electron chi connectivity index (χ2n) is 5.05. The highest BCUT2D eigenvalue weighted by molar-refractivity contribution is 4.78. The molecule has 0 saturated heterocycles. The Morgan fingerprint density at radius 1 is 1.12 bits per heavy atom. The highest BCUT2D eigenvalue weighted by Crippen LogP contribution is 2.24. The smallest absolute Gasteiger partial charge is 0.0499 e. The van der Waals surface area contributed by atoms with Gasteiger partial charge in [-0.05, 0) is 52.9 Å². The Morgan fingerprint density at radius 2 is 1.75 bits per heavy atom. The van der Waals surface area contributed by atoms with Gasteiger partial charge in [0.05, 0.1) is 0 Å². The van der Waals surface area contributed by atoms with E-state index in [1.54, 1.807) is 0 Å². The van der Waals surface area contributed by atoms with Crippen molar-refractivity contribution < 1.29 is 5.11 Å². The van der Waals surface area contributed by atoms with Crippen molar-refractivity contribution in [2.24, 2.45) is 5.41 Å². The summed E-state index contributed by atoms with van der Waals surface area (Å²) in [6.07, 6.45) is 4.55. The molecule has 0 rings (SSSR count). The first-order valence-corrected chi connectivity index (χ1v) is 6.56. The molecule has 3 nitrogen and oxygen atoms in total. The Kier molecular flexibility index (Phi) is 8.90. The van der Waals surface area contributed by atoms with E-state index in [0.29, 0.717) is 6.61 Å². The lowest BCUT2D eigenvalue weighted by Gasteiger charge is -2.29. The molecular formula is C13H30N2O. The third-order valence-electron chi connectivity index (χ3n) is 3.54. The van der Waals surface area contributed by atoms with Crippen LogP contribution in [0.3, 0.4) is 0 Å². The van der Waals surface area contributed by atoms with E-state index in [1.807, 2.05) is 0 Å². The van der Waals surface area contributed by atoms with Crippen molar-refractivity contribution >= 4 is 0 Å². The molecule has 0 unspecified atom stereocenters. The fourth-order valence-corrected chi connectivity index (χ4v) is 1.81. The first kappa shape index (κ1) is 15.9. The molecular weight excluding hydrogens is 200 g/mol. The lowest BCUT2D eigenvalue weighted by Crippen LogP contribution is -2.37. The first-order valence-electron chi connectivity index (χ1n) is 6.56. The average Bonchev–Trinajstić information content (AvgIpc) is 2.29. The topological polar surface area (TPSA) is 35.5 Å². The largest absolute Gasteiger partial charge is 0.396 e. The van der Waals surface area contributed by atoms with Crippen LogP contribution in [0.1, 0.15) is 39.5 Å². The summed E-state index contributed by atoms with van der Waals surface area (Å²) in [5.74, 6) is 0. The fraction of sp³-hybridized carbons (Fsp3) is 1.00. The van der Waals surface area contributed by atoms with Crippen molar-refractivity contribution in [3.8, 4) is 0 Å². The van der Waals surface area contributed by atoms with Crippen LogP contribution in [0.4, 0.5) is 0 Å². The van der Waals surface area contributed by atoms with Gasteiger partial charge in [-0.3, -0.25) is 0 Å². The highest BCUT2D eigenvalue weighted by Gasteiger charge is 2.24. The van der Waals surface area contributed by atoms with Crippen LogP contribution in [0.15, 0.2) is 0 Å². The molecule has 0 aromatic carbocycles. The summed E-state index contributed by atoms with van der Waals surface area (Å²) < 4.78 is 0. The Bertz CT molecular complexity index is 148. The van der Waals surface area contributed by atoms with Crippen molar-refractivity contribution in [1.29, 1.82) is 0 Å². The molecule has 16 heavy (non-hydrogen) atoms. The van der Waals surface area contributed by atoms with Gasteiger partial charge < -0.3 is 15.3 Å². The van der Waals surface area contributed by atoms with E-state index in [-0.39, 0.29) is 5.41 Å². The molecule has 0 spiro atoms. The molecule has 0 heterocycles. The molecule has 0 aliphatic rings. The third-order valence-corrected chi connectivity index (χ3v) is 3.54. The number of aliphatic hydroxyl groups is 1. The van der Waals surface area contributed by atoms with Crippen LogP contribution < -0.4 is 5.32 Å². The molecule has 0 atom stereocenters. The van der Waals surface area contributed by atoms with Crippen molar-refractivity contribution in [1.82, 2.24) is 10.2 Å². The summed E-state index contributed by atoms with van der Waals surface area (Å²) >= 11 is 0. The van der Waals surface area contributed by atoms with Gasteiger partial charge in [0.1, 0.15) is 0 Å². The minimum absolute atomic E-state index is 0.0988. The van der Waals surface area contributed by atoms with Gasteiger partial charge in [-0.15, -0.1) is 0 Å². The molecule has 3 heteroatoms. The van der Waals surface area contributed by atoms with E-state index in [0.717, 1.165) is 32.5 Å². The van der Waals surface area contributed by atoms with Crippen LogP contribution in [0.5, 0.6) is 0 Å². The maximum atomic E-state index is 9.41. The zero-order valence-electron chi connectivity index (χ0n) is 11.6. The van der Waals surface area contributed by atoms with Crippen molar-refractivity contribution in [2.45, 2.75) is 39.5 Å². The van der Waals surface area contributed by atoms with E-state index in [9.17, 15) is 5.11 Å². The molecule has 0 aromatic rings. The van der Waals surface area contributed by atoms with E-state index < -0.39 is 0 Å². The van der Waals surface area contributed by atoms with E-state index >= 15 is 0 Å². The maximum absolute atomic E-state index is 9.41. The lowest BCUT2D eigenvalue weighted by molar-refractivity contribution is 0.113. The van der Waals surface area contributed by atoms with Gasteiger partial charge in [-0.2, -0.15) is 0 Å². The number of rotatable bonds is 10. The minimum Gasteiger partial charge on any atom is -0.396 e. The van der Waals surface area contributed by atoms with Crippen LogP contribution in [-0.4, -0.2) is 50.3 Å². The molecule has 2 N–H and O–H groups in total. The van der Waals surface area contributed by atoms with E-state index in [4.69, 9.17) is 0 Å². The van der Waals surface area contributed by atoms with Crippen LogP contribution in [0.2, 0.25) is 0 Å². The SMILES string of the molecule is CCC(CC)(CO)CNCCCCN(C)C. The van der Waals surface area contributed by atoms with Crippen LogP contribution in [0.25, 0.3) is 0 Å². The number of hydrogen-bond acceptors (Lipinski definition) is 3. The maximum Gasteiger partial charge on any atom is 0.0499 e. The van der Waals surface area contributed by atoms with Gasteiger partial charge in [0, 0.05) is 18.6 Å². The van der Waals surface area contributed by atoms with Gasteiger partial charge in [0.25, 0.3) is 0 Å². The average molecular weight is 230 g/mol. The Balaban J connectivity index is 3.55.